The van der Waals surface area contributed by atoms with Gasteiger partial charge in [0.25, 0.3) is 5.60 Å². The van der Waals surface area contributed by atoms with E-state index < -0.39 is 23.0 Å². The SMILES string of the molecule is CN=C(N)N[C@@H](C/C(C)=C/C[C@@]12O[C@]1(C(=O)OC[C@@H]1C[C@@H]3CCC=CC3=C[C@@H]1NCC1CCCCC1)C(=O)c1c(CC(C)C)cccc1C2=O)C1=CCNC(NCNC)=C1. The number of rotatable bonds is 17. The number of guanidine groups is 1. The molecule has 4 aliphatic carbocycles. The summed E-state index contributed by atoms with van der Waals surface area (Å²) in [5, 5.41) is 17.0. The molecule has 12 nitrogen and oxygen atoms in total. The number of ether oxygens (including phenoxy) is 2. The average Bonchev–Trinajstić information content (AvgIpc) is 3.97. The molecule has 7 N–H and O–H groups in total. The fourth-order valence-corrected chi connectivity index (χ4v) is 10.1. The number of hydrogen-bond acceptors (Lipinski definition) is 10. The molecule has 12 heteroatoms. The molecule has 0 aromatic heterocycles. The van der Waals surface area contributed by atoms with Crippen LogP contribution in [0.5, 0.6) is 0 Å². The Hall–Kier alpha value is -4.52. The zero-order valence-electron chi connectivity index (χ0n) is 36.3. The topological polar surface area (TPSA) is 172 Å². The van der Waals surface area contributed by atoms with E-state index >= 15 is 0 Å². The van der Waals surface area contributed by atoms with Crippen LogP contribution in [0.1, 0.15) is 111 Å². The summed E-state index contributed by atoms with van der Waals surface area (Å²) >= 11 is 0. The summed E-state index contributed by atoms with van der Waals surface area (Å²) < 4.78 is 12.7. The molecule has 60 heavy (non-hydrogen) atoms. The van der Waals surface area contributed by atoms with Crippen LogP contribution in [0.3, 0.4) is 0 Å². The first-order valence-electron chi connectivity index (χ1n) is 22.4. The second kappa shape index (κ2) is 19.0. The van der Waals surface area contributed by atoms with Gasteiger partial charge in [-0.25, -0.2) is 4.79 Å². The molecule has 6 atom stereocenters. The van der Waals surface area contributed by atoms with Crippen LogP contribution in [0, 0.1) is 23.7 Å². The van der Waals surface area contributed by atoms with E-state index in [-0.39, 0.29) is 42.7 Å². The molecule has 0 spiro atoms. The normalized spacial score (nSPS) is 28.4. The number of ketones is 2. The third-order valence-electron chi connectivity index (χ3n) is 13.4. The average molecular weight is 822 g/mol. The van der Waals surface area contributed by atoms with Gasteiger partial charge in [-0.05, 0) is 106 Å². The third-order valence-corrected chi connectivity index (χ3v) is 13.4. The highest BCUT2D eigenvalue weighted by Crippen LogP contribution is 2.59. The molecular weight excluding hydrogens is 755 g/mol. The Bertz CT molecular complexity index is 1980. The van der Waals surface area contributed by atoms with Crippen molar-refractivity contribution in [2.45, 2.75) is 115 Å². The van der Waals surface area contributed by atoms with E-state index in [9.17, 15) is 14.4 Å². The largest absolute Gasteiger partial charge is 0.463 e. The minimum atomic E-state index is -2.06. The van der Waals surface area contributed by atoms with Crippen molar-refractivity contribution >= 4 is 23.5 Å². The van der Waals surface area contributed by atoms with E-state index in [0.717, 1.165) is 48.3 Å². The predicted molar refractivity (Wildman–Crippen MR) is 236 cm³/mol. The number of epoxide rings is 1. The van der Waals surface area contributed by atoms with Gasteiger partial charge in [0.15, 0.2) is 17.3 Å². The molecule has 0 radical (unpaired) electrons. The number of nitrogens with zero attached hydrogens (tertiary/aromatic N) is 1. The Labute approximate surface area is 356 Å². The Morgan fingerprint density at radius 3 is 2.73 bits per heavy atom. The number of carbonyl (C=O) groups is 3. The Morgan fingerprint density at radius 2 is 1.97 bits per heavy atom. The number of aliphatic imine (C=N–C) groups is 1. The first-order chi connectivity index (χ1) is 29.0. The number of benzene rings is 1. The van der Waals surface area contributed by atoms with Gasteiger partial charge in [0.1, 0.15) is 5.82 Å². The van der Waals surface area contributed by atoms with Crippen LogP contribution in [0.4, 0.5) is 0 Å². The number of hydrogen-bond donors (Lipinski definition) is 6. The molecule has 324 valence electrons. The number of fused-ring (bicyclic) bond motifs is 3. The Kier molecular flexibility index (Phi) is 13.8. The fourth-order valence-electron chi connectivity index (χ4n) is 10.1. The molecule has 1 aromatic rings. The number of allylic oxidation sites excluding steroid dienone is 3. The number of Topliss-reactive ketones (excluding diaryl/α,β-unsaturated/α-hetero) is 2. The van der Waals surface area contributed by atoms with Crippen molar-refractivity contribution in [1.29, 1.82) is 0 Å². The van der Waals surface area contributed by atoms with Crippen LogP contribution >= 0.6 is 0 Å². The van der Waals surface area contributed by atoms with Crippen LogP contribution in [0.15, 0.2) is 82.2 Å². The highest BCUT2D eigenvalue weighted by molar-refractivity contribution is 6.33. The summed E-state index contributed by atoms with van der Waals surface area (Å²) in [6.07, 6.45) is 23.4. The van der Waals surface area contributed by atoms with Crippen molar-refractivity contribution in [1.82, 2.24) is 26.6 Å². The van der Waals surface area contributed by atoms with E-state index in [1.165, 1.54) is 37.7 Å². The van der Waals surface area contributed by atoms with E-state index in [4.69, 9.17) is 15.2 Å². The van der Waals surface area contributed by atoms with Gasteiger partial charge in [0.05, 0.1) is 19.3 Å². The van der Waals surface area contributed by atoms with Gasteiger partial charge in [0, 0.05) is 43.1 Å². The highest BCUT2D eigenvalue weighted by Gasteiger charge is 2.85. The van der Waals surface area contributed by atoms with Crippen molar-refractivity contribution in [3.05, 3.63) is 93.9 Å². The lowest BCUT2D eigenvalue weighted by Crippen LogP contribution is -2.51. The summed E-state index contributed by atoms with van der Waals surface area (Å²) in [4.78, 5) is 48.6. The minimum absolute atomic E-state index is 0.0264. The second-order valence-electron chi connectivity index (χ2n) is 18.2. The predicted octanol–water partition coefficient (Wildman–Crippen LogP) is 5.53. The summed E-state index contributed by atoms with van der Waals surface area (Å²) in [5.41, 5.74) is 7.10. The number of esters is 1. The molecule has 0 unspecified atom stereocenters. The standard InChI is InChI=1S/C48H67N7O5/c1-30(2)22-36-16-11-17-38-42(36)44(57)48(45(58)59-28-37-24-33-14-9-10-15-34(33)25-39(37)53-27-32-12-7-6-8-13-32)47(60-48,43(38)56)20-18-31(3)23-40(55-46(49)51-5)35-19-21-52-41(26-35)54-29-50-4/h10-11,15-19,25-26,30,32-33,37,39-40,50,52-54H,6-9,12-14,20-24,27-29H2,1-5H3,(H3,49,51,55)/b31-18+/t33-,37-,39-,40-,47-,48-/m0/s1. The Morgan fingerprint density at radius 1 is 1.15 bits per heavy atom. The van der Waals surface area contributed by atoms with E-state index in [1.807, 2.05) is 38.3 Å². The van der Waals surface area contributed by atoms with Crippen LogP contribution in [-0.2, 0) is 20.7 Å². The lowest BCUT2D eigenvalue weighted by molar-refractivity contribution is -0.150. The molecule has 0 amide bonds. The van der Waals surface area contributed by atoms with Crippen molar-refractivity contribution in [3.8, 4) is 0 Å². The summed E-state index contributed by atoms with van der Waals surface area (Å²) in [5.74, 6) is 0.896. The number of nitrogens with one attached hydrogen (secondary N) is 5. The van der Waals surface area contributed by atoms with Crippen molar-refractivity contribution < 1.29 is 23.9 Å². The smallest absolute Gasteiger partial charge is 0.350 e. The maximum Gasteiger partial charge on any atom is 0.350 e. The molecule has 0 bridgehead atoms. The molecule has 1 saturated heterocycles. The summed E-state index contributed by atoms with van der Waals surface area (Å²) in [6, 6.07) is 5.21. The zero-order chi connectivity index (χ0) is 42.4. The van der Waals surface area contributed by atoms with Crippen molar-refractivity contribution in [3.63, 3.8) is 0 Å². The number of nitrogens with two attached hydrogens (primary N) is 1. The maximum absolute atomic E-state index is 14.9. The van der Waals surface area contributed by atoms with E-state index in [2.05, 4.69) is 69.7 Å². The van der Waals surface area contributed by atoms with Gasteiger partial charge in [-0.2, -0.15) is 0 Å². The second-order valence-corrected chi connectivity index (χ2v) is 18.2. The van der Waals surface area contributed by atoms with Crippen molar-refractivity contribution in [2.24, 2.45) is 34.4 Å². The lowest BCUT2D eigenvalue weighted by Gasteiger charge is -2.37. The Balaban J connectivity index is 1.15. The molecule has 1 aromatic carbocycles. The summed E-state index contributed by atoms with van der Waals surface area (Å²) in [6.45, 7) is 8.43. The van der Waals surface area contributed by atoms with Gasteiger partial charge in [-0.1, -0.05) is 87.3 Å². The van der Waals surface area contributed by atoms with Crippen molar-refractivity contribution in [2.75, 3.05) is 40.5 Å². The van der Waals surface area contributed by atoms with Crippen LogP contribution in [-0.4, -0.2) is 87.2 Å². The number of dihydropyridines is 1. The van der Waals surface area contributed by atoms with Gasteiger partial charge in [-0.15, -0.1) is 0 Å². The quantitative estimate of drug-likeness (QED) is 0.0222. The fraction of sp³-hybridized carbons (Fsp3) is 0.583. The molecule has 7 rings (SSSR count). The molecule has 2 heterocycles. The third kappa shape index (κ3) is 9.06. The maximum atomic E-state index is 14.9. The molecule has 2 aliphatic heterocycles. The lowest BCUT2D eigenvalue weighted by atomic mass is 9.70. The van der Waals surface area contributed by atoms with E-state index in [0.29, 0.717) is 55.0 Å². The first kappa shape index (κ1) is 43.6. The highest BCUT2D eigenvalue weighted by atomic mass is 16.7. The monoisotopic (exact) mass is 822 g/mol. The summed E-state index contributed by atoms with van der Waals surface area (Å²) in [7, 11) is 3.51. The molecule has 1 saturated carbocycles. The number of carbonyl (C=O) groups excluding carboxylic acids is 3. The van der Waals surface area contributed by atoms with Gasteiger partial charge in [0.2, 0.25) is 5.78 Å². The van der Waals surface area contributed by atoms with Gasteiger partial charge < -0.3 is 41.8 Å². The van der Waals surface area contributed by atoms with Crippen LogP contribution in [0.25, 0.3) is 0 Å². The van der Waals surface area contributed by atoms with E-state index in [1.54, 1.807) is 13.1 Å². The van der Waals surface area contributed by atoms with Crippen LogP contribution < -0.4 is 32.3 Å². The molecular formula is C48H67N7O5. The molecule has 6 aliphatic rings. The van der Waals surface area contributed by atoms with Gasteiger partial charge >= 0.3 is 5.97 Å². The van der Waals surface area contributed by atoms with Gasteiger partial charge in [-0.3, -0.25) is 14.6 Å². The first-order valence-corrected chi connectivity index (χ1v) is 22.4. The minimum Gasteiger partial charge on any atom is -0.463 e. The molecule has 2 fully saturated rings. The van der Waals surface area contributed by atoms with Crippen LogP contribution in [0.2, 0.25) is 0 Å². The zero-order valence-corrected chi connectivity index (χ0v) is 36.3.